The number of aliphatic imine (C=N–C) groups is 1. The van der Waals surface area contributed by atoms with Gasteiger partial charge in [-0.2, -0.15) is 0 Å². The molecule has 2 aliphatic rings. The number of alkyl halides is 1. The van der Waals surface area contributed by atoms with Gasteiger partial charge in [-0.1, -0.05) is 67.7 Å². The molecule has 0 unspecified atom stereocenters. The first kappa shape index (κ1) is 27.4. The molecule has 1 aromatic heterocycles. The highest BCUT2D eigenvalue weighted by atomic mass is 32.2. The Hall–Kier alpha value is -3.13. The van der Waals surface area contributed by atoms with Gasteiger partial charge in [0.15, 0.2) is 0 Å². The minimum absolute atomic E-state index is 0.163. The summed E-state index contributed by atoms with van der Waals surface area (Å²) in [6.07, 6.45) is 7.85. The minimum Gasteiger partial charge on any atom is -0.338 e. The van der Waals surface area contributed by atoms with Gasteiger partial charge in [0.1, 0.15) is 11.4 Å². The van der Waals surface area contributed by atoms with Gasteiger partial charge in [0.05, 0.1) is 18.9 Å². The second-order valence-corrected chi connectivity index (χ2v) is 11.4. The number of anilines is 1. The van der Waals surface area contributed by atoms with Crippen LogP contribution in [0.4, 0.5) is 10.3 Å². The van der Waals surface area contributed by atoms with Crippen LogP contribution in [0, 0.1) is 6.92 Å². The van der Waals surface area contributed by atoms with E-state index in [-0.39, 0.29) is 12.6 Å². The molecule has 6 nitrogen and oxygen atoms in total. The average Bonchev–Trinajstić information content (AvgIpc) is 3.66. The quantitative estimate of drug-likeness (QED) is 0.233. The monoisotopic (exact) mass is 548 g/mol. The van der Waals surface area contributed by atoms with Gasteiger partial charge in [-0.15, -0.1) is 0 Å². The van der Waals surface area contributed by atoms with E-state index in [1.807, 2.05) is 30.0 Å². The van der Waals surface area contributed by atoms with Crippen molar-refractivity contribution >= 4 is 29.6 Å². The topological polar surface area (TPSA) is 70.7 Å². The summed E-state index contributed by atoms with van der Waals surface area (Å²) in [5.41, 5.74) is 4.56. The molecule has 39 heavy (non-hydrogen) atoms. The highest BCUT2D eigenvalue weighted by Gasteiger charge is 2.49. The van der Waals surface area contributed by atoms with E-state index < -0.39 is 5.54 Å². The van der Waals surface area contributed by atoms with Crippen molar-refractivity contribution in [2.45, 2.75) is 88.6 Å². The number of halogens is 1. The molecule has 1 spiro atoms. The number of amidine groups is 1. The zero-order valence-corrected chi connectivity index (χ0v) is 23.7. The molecular formula is C31H37FN4O2S. The number of benzene rings is 2. The maximum atomic E-state index is 13.6. The molecule has 3 aromatic rings. The van der Waals surface area contributed by atoms with Crippen LogP contribution in [0.25, 0.3) is 11.1 Å². The number of nitrogens with zero attached hydrogens (tertiary/aromatic N) is 3. The van der Waals surface area contributed by atoms with Gasteiger partial charge >= 0.3 is 0 Å². The Morgan fingerprint density at radius 1 is 1.08 bits per heavy atom. The summed E-state index contributed by atoms with van der Waals surface area (Å²) < 4.78 is 21.9. The van der Waals surface area contributed by atoms with E-state index in [4.69, 9.17) is 9.52 Å². The van der Waals surface area contributed by atoms with Crippen LogP contribution in [-0.4, -0.2) is 34.0 Å². The molecule has 2 aromatic carbocycles. The van der Waals surface area contributed by atoms with Crippen LogP contribution in [0.1, 0.15) is 75.1 Å². The SMILES string of the molecule is CCCCC1=NC2(CCCC2)C(=O)N1Cc1ccc(-c2ccccc2SNc2cc(C)no2)c(CCCF)c1. The summed E-state index contributed by atoms with van der Waals surface area (Å²) in [4.78, 5) is 21.6. The number of amides is 1. The second-order valence-electron chi connectivity index (χ2n) is 10.6. The van der Waals surface area contributed by atoms with Crippen molar-refractivity contribution in [2.24, 2.45) is 4.99 Å². The smallest absolute Gasteiger partial charge is 0.256 e. The average molecular weight is 549 g/mol. The van der Waals surface area contributed by atoms with Gasteiger partial charge in [-0.05, 0) is 79.3 Å². The number of aryl methyl sites for hydroxylation is 2. The zero-order chi connectivity index (χ0) is 27.2. The van der Waals surface area contributed by atoms with Gasteiger partial charge < -0.3 is 4.52 Å². The lowest BCUT2D eigenvalue weighted by molar-refractivity contribution is -0.131. The highest BCUT2D eigenvalue weighted by Crippen LogP contribution is 2.41. The third-order valence-electron chi connectivity index (χ3n) is 7.64. The fourth-order valence-corrected chi connectivity index (χ4v) is 6.39. The molecule has 1 fully saturated rings. The highest BCUT2D eigenvalue weighted by molar-refractivity contribution is 8.00. The summed E-state index contributed by atoms with van der Waals surface area (Å²) in [5, 5.41) is 3.94. The molecular weight excluding hydrogens is 511 g/mol. The summed E-state index contributed by atoms with van der Waals surface area (Å²) in [6, 6.07) is 16.4. The molecule has 0 bridgehead atoms. The van der Waals surface area contributed by atoms with Gasteiger partial charge in [0, 0.05) is 17.4 Å². The molecule has 0 atom stereocenters. The zero-order valence-electron chi connectivity index (χ0n) is 22.8. The van der Waals surface area contributed by atoms with Crippen molar-refractivity contribution in [3.63, 3.8) is 0 Å². The van der Waals surface area contributed by atoms with E-state index in [1.54, 1.807) is 0 Å². The van der Waals surface area contributed by atoms with Gasteiger partial charge in [0.25, 0.3) is 5.91 Å². The summed E-state index contributed by atoms with van der Waals surface area (Å²) >= 11 is 1.46. The predicted octanol–water partition coefficient (Wildman–Crippen LogP) is 7.92. The summed E-state index contributed by atoms with van der Waals surface area (Å²) in [5.74, 6) is 1.70. The first-order valence-corrected chi connectivity index (χ1v) is 14.9. The molecule has 0 saturated heterocycles. The van der Waals surface area contributed by atoms with Crippen molar-refractivity contribution < 1.29 is 13.7 Å². The normalized spacial score (nSPS) is 16.3. The van der Waals surface area contributed by atoms with Crippen LogP contribution in [0.3, 0.4) is 0 Å². The molecule has 5 rings (SSSR count). The Labute approximate surface area is 234 Å². The minimum atomic E-state index is -0.536. The van der Waals surface area contributed by atoms with E-state index in [2.05, 4.69) is 47.1 Å². The first-order valence-electron chi connectivity index (χ1n) is 14.1. The standard InChI is InChI=1S/C31H37FN4O2S/c1-3-4-13-28-33-31(16-7-8-17-31)30(37)36(28)21-23-14-15-25(24(20-23)10-9-18-32)26-11-5-6-12-27(26)39-35-29-19-22(2)34-38-29/h5-6,11-12,14-15,19-20,35H,3-4,7-10,13,16-18,21H2,1-2H3. The fourth-order valence-electron chi connectivity index (χ4n) is 5.65. The van der Waals surface area contributed by atoms with Gasteiger partial charge in [-0.3, -0.25) is 23.8 Å². The number of rotatable bonds is 12. The number of carbonyl (C=O) groups excluding carboxylic acids is 1. The molecule has 2 heterocycles. The molecule has 1 aliphatic carbocycles. The Balaban J connectivity index is 1.41. The first-order chi connectivity index (χ1) is 19.0. The number of hydrogen-bond donors (Lipinski definition) is 1. The summed E-state index contributed by atoms with van der Waals surface area (Å²) in [6.45, 7) is 4.19. The van der Waals surface area contributed by atoms with E-state index >= 15 is 0 Å². The summed E-state index contributed by atoms with van der Waals surface area (Å²) in [7, 11) is 0. The molecule has 1 aliphatic heterocycles. The van der Waals surface area contributed by atoms with E-state index in [9.17, 15) is 9.18 Å². The number of carbonyl (C=O) groups is 1. The van der Waals surface area contributed by atoms with Crippen LogP contribution < -0.4 is 4.72 Å². The van der Waals surface area contributed by atoms with Crippen molar-refractivity contribution in [2.75, 3.05) is 11.4 Å². The second kappa shape index (κ2) is 12.4. The Morgan fingerprint density at radius 2 is 1.90 bits per heavy atom. The van der Waals surface area contributed by atoms with E-state index in [0.717, 1.165) is 83.6 Å². The Bertz CT molecular complexity index is 1330. The molecule has 206 valence electrons. The predicted molar refractivity (Wildman–Crippen MR) is 156 cm³/mol. The molecule has 1 amide bonds. The number of unbranched alkanes of at least 4 members (excludes halogenated alkanes) is 1. The van der Waals surface area contributed by atoms with Gasteiger partial charge in [-0.25, -0.2) is 0 Å². The molecule has 0 radical (unpaired) electrons. The van der Waals surface area contributed by atoms with E-state index in [1.165, 1.54) is 11.9 Å². The van der Waals surface area contributed by atoms with Gasteiger partial charge in [0.2, 0.25) is 5.88 Å². The van der Waals surface area contributed by atoms with Crippen LogP contribution in [0.15, 0.2) is 62.9 Å². The number of aromatic nitrogens is 1. The van der Waals surface area contributed by atoms with Crippen LogP contribution in [0.2, 0.25) is 0 Å². The third-order valence-corrected chi connectivity index (χ3v) is 8.52. The molecule has 1 saturated carbocycles. The van der Waals surface area contributed by atoms with Crippen LogP contribution >= 0.6 is 11.9 Å². The third kappa shape index (κ3) is 6.06. The largest absolute Gasteiger partial charge is 0.338 e. The molecule has 1 N–H and O–H groups in total. The lowest BCUT2D eigenvalue weighted by Gasteiger charge is -2.23. The van der Waals surface area contributed by atoms with Crippen LogP contribution in [0.5, 0.6) is 0 Å². The van der Waals surface area contributed by atoms with Crippen LogP contribution in [-0.2, 0) is 17.8 Å². The van der Waals surface area contributed by atoms with E-state index in [0.29, 0.717) is 25.3 Å². The van der Waals surface area contributed by atoms with Crippen molar-refractivity contribution in [1.29, 1.82) is 0 Å². The van der Waals surface area contributed by atoms with Crippen molar-refractivity contribution in [3.05, 3.63) is 65.4 Å². The van der Waals surface area contributed by atoms with Crippen molar-refractivity contribution in [1.82, 2.24) is 10.1 Å². The Kier molecular flexibility index (Phi) is 8.70. The number of nitrogens with one attached hydrogen (secondary N) is 1. The maximum Gasteiger partial charge on any atom is 0.256 e. The number of hydrogen-bond acceptors (Lipinski definition) is 6. The lowest BCUT2D eigenvalue weighted by atomic mass is 9.94. The lowest BCUT2D eigenvalue weighted by Crippen LogP contribution is -2.40. The fraction of sp³-hybridized carbons (Fsp3) is 0.452. The Morgan fingerprint density at radius 3 is 2.64 bits per heavy atom. The maximum absolute atomic E-state index is 13.6. The van der Waals surface area contributed by atoms with Crippen molar-refractivity contribution in [3.8, 4) is 11.1 Å². The molecule has 8 heteroatoms.